The number of hydrogen-bond donors (Lipinski definition) is 0. The molecule has 0 N–H and O–H groups in total. The van der Waals surface area contributed by atoms with Crippen LogP contribution in [0.3, 0.4) is 0 Å². The minimum atomic E-state index is -0.595. The van der Waals surface area contributed by atoms with Crippen molar-refractivity contribution in [2.24, 2.45) is 14.1 Å². The van der Waals surface area contributed by atoms with Crippen molar-refractivity contribution in [2.45, 2.75) is 32.4 Å². The molecule has 8 heteroatoms. The number of aryl methyl sites for hydroxylation is 2. The lowest BCUT2D eigenvalue weighted by atomic mass is 9.97. The first-order valence-corrected chi connectivity index (χ1v) is 11.9. The predicted octanol–water partition coefficient (Wildman–Crippen LogP) is 3.89. The Morgan fingerprint density at radius 3 is 2.31 bits per heavy atom. The van der Waals surface area contributed by atoms with Gasteiger partial charge in [0.1, 0.15) is 17.6 Å². The van der Waals surface area contributed by atoms with E-state index in [0.717, 1.165) is 28.1 Å². The molecule has 0 aliphatic carbocycles. The molecule has 8 nitrogen and oxygen atoms in total. The number of aromatic nitrogens is 3. The summed E-state index contributed by atoms with van der Waals surface area (Å²) >= 11 is 0. The first kappa shape index (κ1) is 23.9. The zero-order chi connectivity index (χ0) is 25.9. The first-order chi connectivity index (χ1) is 17.1. The molecule has 5 rings (SSSR count). The summed E-state index contributed by atoms with van der Waals surface area (Å²) in [5.41, 5.74) is 3.62. The topological polar surface area (TPSA) is 76.6 Å². The van der Waals surface area contributed by atoms with Crippen LogP contribution in [0.2, 0.25) is 0 Å². The van der Waals surface area contributed by atoms with Gasteiger partial charge in [-0.15, -0.1) is 0 Å². The standard InChI is InChI=1S/C28H31N3O5/c1-16-8-10-17(11-9-16)22-21-23(29(4)27(33)30(5)26(21)32)24-25(36-15-28(2,3)31(22)24)19-14-18(34-6)12-13-20(19)35-7/h8-14,25H,15H2,1-7H3/t25-/m0/s1. The number of nitrogens with zero attached hydrogens (tertiary/aromatic N) is 3. The van der Waals surface area contributed by atoms with Gasteiger partial charge in [0.05, 0.1) is 48.7 Å². The van der Waals surface area contributed by atoms with Crippen LogP contribution in [0.15, 0.2) is 52.1 Å². The summed E-state index contributed by atoms with van der Waals surface area (Å²) in [5.74, 6) is 1.29. The summed E-state index contributed by atoms with van der Waals surface area (Å²) in [4.78, 5) is 26.8. The molecular formula is C28H31N3O5. The number of fused-ring (bicyclic) bond motifs is 3. The summed E-state index contributed by atoms with van der Waals surface area (Å²) in [5, 5.41) is 0.490. The quantitative estimate of drug-likeness (QED) is 0.435. The van der Waals surface area contributed by atoms with Crippen LogP contribution in [-0.2, 0) is 24.4 Å². The molecule has 1 atom stereocenters. The fraction of sp³-hybridized carbons (Fsp3) is 0.357. The van der Waals surface area contributed by atoms with Gasteiger partial charge in [0.2, 0.25) is 0 Å². The van der Waals surface area contributed by atoms with Crippen molar-refractivity contribution in [3.05, 3.63) is 80.1 Å². The summed E-state index contributed by atoms with van der Waals surface area (Å²) in [6.45, 7) is 6.57. The molecule has 0 spiro atoms. The second-order valence-electron chi connectivity index (χ2n) is 9.98. The third kappa shape index (κ3) is 3.39. The highest BCUT2D eigenvalue weighted by Crippen LogP contribution is 2.47. The third-order valence-corrected chi connectivity index (χ3v) is 7.11. The molecular weight excluding hydrogens is 458 g/mol. The van der Waals surface area contributed by atoms with E-state index in [0.29, 0.717) is 29.0 Å². The van der Waals surface area contributed by atoms with Gasteiger partial charge in [-0.2, -0.15) is 0 Å². The van der Waals surface area contributed by atoms with E-state index < -0.39 is 17.3 Å². The van der Waals surface area contributed by atoms with Gasteiger partial charge in [-0.3, -0.25) is 13.9 Å². The smallest absolute Gasteiger partial charge is 0.331 e. The van der Waals surface area contributed by atoms with Crippen molar-refractivity contribution in [2.75, 3.05) is 20.8 Å². The van der Waals surface area contributed by atoms with E-state index in [1.807, 2.05) is 49.4 Å². The minimum absolute atomic E-state index is 0.335. The highest BCUT2D eigenvalue weighted by atomic mass is 16.5. The van der Waals surface area contributed by atoms with E-state index in [1.54, 1.807) is 25.8 Å². The highest BCUT2D eigenvalue weighted by Gasteiger charge is 2.41. The molecule has 0 fully saturated rings. The molecule has 0 amide bonds. The summed E-state index contributed by atoms with van der Waals surface area (Å²) in [6.07, 6.45) is -0.595. The van der Waals surface area contributed by atoms with E-state index in [1.165, 1.54) is 11.6 Å². The van der Waals surface area contributed by atoms with Crippen molar-refractivity contribution < 1.29 is 14.2 Å². The molecule has 36 heavy (non-hydrogen) atoms. The Bertz CT molecular complexity index is 1610. The van der Waals surface area contributed by atoms with Crippen LogP contribution < -0.4 is 20.7 Å². The van der Waals surface area contributed by atoms with Crippen LogP contribution in [0.5, 0.6) is 11.5 Å². The van der Waals surface area contributed by atoms with Crippen LogP contribution in [0.25, 0.3) is 22.2 Å². The maximum atomic E-state index is 13.7. The Labute approximate surface area is 209 Å². The Hall–Kier alpha value is -3.78. The molecule has 1 aliphatic rings. The molecule has 4 aromatic rings. The van der Waals surface area contributed by atoms with E-state index >= 15 is 0 Å². The van der Waals surface area contributed by atoms with Gasteiger partial charge in [0.25, 0.3) is 5.56 Å². The van der Waals surface area contributed by atoms with Gasteiger partial charge in [-0.05, 0) is 44.5 Å². The zero-order valence-electron chi connectivity index (χ0n) is 21.7. The normalized spacial score (nSPS) is 16.7. The van der Waals surface area contributed by atoms with E-state index in [-0.39, 0.29) is 5.56 Å². The summed E-state index contributed by atoms with van der Waals surface area (Å²) in [6, 6.07) is 13.7. The van der Waals surface area contributed by atoms with Gasteiger partial charge in [0.15, 0.2) is 0 Å². The van der Waals surface area contributed by atoms with Crippen molar-refractivity contribution in [1.29, 1.82) is 0 Å². The monoisotopic (exact) mass is 489 g/mol. The van der Waals surface area contributed by atoms with Gasteiger partial charge >= 0.3 is 5.69 Å². The minimum Gasteiger partial charge on any atom is -0.497 e. The summed E-state index contributed by atoms with van der Waals surface area (Å²) in [7, 11) is 6.44. The predicted molar refractivity (Wildman–Crippen MR) is 139 cm³/mol. The zero-order valence-corrected chi connectivity index (χ0v) is 21.7. The molecule has 3 heterocycles. The van der Waals surface area contributed by atoms with E-state index in [2.05, 4.69) is 18.4 Å². The molecule has 0 unspecified atom stereocenters. The lowest BCUT2D eigenvalue weighted by Gasteiger charge is -2.39. The number of methoxy groups -OCH3 is 2. The van der Waals surface area contributed by atoms with Crippen LogP contribution in [0.1, 0.15) is 36.8 Å². The molecule has 0 radical (unpaired) electrons. The number of rotatable bonds is 4. The lowest BCUT2D eigenvalue weighted by Crippen LogP contribution is -2.40. The Morgan fingerprint density at radius 1 is 0.972 bits per heavy atom. The SMILES string of the molecule is COc1ccc(OC)c([C@@H]2OCC(C)(C)n3c(-c4ccc(C)cc4)c4c(=O)n(C)c(=O)n(C)c4c32)c1. The van der Waals surface area contributed by atoms with Crippen LogP contribution in [0, 0.1) is 6.92 Å². The molecule has 1 aliphatic heterocycles. The molecule has 0 bridgehead atoms. The van der Waals surface area contributed by atoms with Crippen LogP contribution in [-0.4, -0.2) is 34.5 Å². The number of benzene rings is 2. The van der Waals surface area contributed by atoms with Crippen molar-refractivity contribution in [3.8, 4) is 22.8 Å². The Morgan fingerprint density at radius 2 is 1.67 bits per heavy atom. The van der Waals surface area contributed by atoms with Crippen LogP contribution >= 0.6 is 0 Å². The average molecular weight is 490 g/mol. The average Bonchev–Trinajstić information content (AvgIpc) is 3.24. The van der Waals surface area contributed by atoms with E-state index in [4.69, 9.17) is 14.2 Å². The number of ether oxygens (including phenoxy) is 3. The Balaban J connectivity index is 2.00. The van der Waals surface area contributed by atoms with Crippen molar-refractivity contribution in [1.82, 2.24) is 13.7 Å². The van der Waals surface area contributed by atoms with E-state index in [9.17, 15) is 9.59 Å². The molecule has 2 aromatic carbocycles. The fourth-order valence-corrected chi connectivity index (χ4v) is 5.26. The second-order valence-corrected chi connectivity index (χ2v) is 9.98. The number of hydrogen-bond acceptors (Lipinski definition) is 5. The van der Waals surface area contributed by atoms with Gasteiger partial charge in [0, 0.05) is 19.7 Å². The lowest BCUT2D eigenvalue weighted by molar-refractivity contribution is -0.00807. The van der Waals surface area contributed by atoms with Crippen molar-refractivity contribution >= 4 is 10.9 Å². The van der Waals surface area contributed by atoms with Crippen molar-refractivity contribution in [3.63, 3.8) is 0 Å². The second kappa shape index (κ2) is 8.41. The van der Waals surface area contributed by atoms with Gasteiger partial charge in [-0.25, -0.2) is 4.79 Å². The maximum Gasteiger partial charge on any atom is 0.331 e. The molecule has 0 saturated heterocycles. The van der Waals surface area contributed by atoms with Crippen LogP contribution in [0.4, 0.5) is 0 Å². The largest absolute Gasteiger partial charge is 0.497 e. The maximum absolute atomic E-state index is 13.7. The van der Waals surface area contributed by atoms with Gasteiger partial charge in [-0.1, -0.05) is 29.8 Å². The fourth-order valence-electron chi connectivity index (χ4n) is 5.26. The third-order valence-electron chi connectivity index (χ3n) is 7.11. The highest BCUT2D eigenvalue weighted by molar-refractivity contribution is 5.97. The first-order valence-electron chi connectivity index (χ1n) is 11.9. The Kier molecular flexibility index (Phi) is 5.59. The molecule has 188 valence electrons. The molecule has 2 aromatic heterocycles. The molecule has 0 saturated carbocycles. The van der Waals surface area contributed by atoms with Gasteiger partial charge < -0.3 is 18.8 Å². The summed E-state index contributed by atoms with van der Waals surface area (Å²) < 4.78 is 22.6.